The lowest BCUT2D eigenvalue weighted by Crippen LogP contribution is -2.28. The van der Waals surface area contributed by atoms with Crippen LogP contribution in [0.15, 0.2) is 16.7 Å². The van der Waals surface area contributed by atoms with Crippen LogP contribution in [0.4, 0.5) is 5.95 Å². The third-order valence-electron chi connectivity index (χ3n) is 5.81. The molecule has 11 heteroatoms. The van der Waals surface area contributed by atoms with Gasteiger partial charge < -0.3 is 14.2 Å². The van der Waals surface area contributed by atoms with Crippen LogP contribution < -0.4 is 10.9 Å². The number of carbonyl (C=O) groups is 2. The fraction of sp³-hybridized carbons (Fsp3) is 0.591. The first-order chi connectivity index (χ1) is 15.8. The van der Waals surface area contributed by atoms with Crippen molar-refractivity contribution in [2.75, 3.05) is 25.1 Å². The number of hydrogen-bond donors (Lipinski definition) is 2. The Balaban J connectivity index is 1.57. The number of anilines is 1. The molecule has 1 saturated heterocycles. The first kappa shape index (κ1) is 23.1. The van der Waals surface area contributed by atoms with Crippen LogP contribution in [-0.2, 0) is 23.8 Å². The number of nitrogens with one attached hydrogen (secondary N) is 2. The molecule has 0 spiro atoms. The number of esters is 1. The SMILES string of the molecule is CC(=O)OCC1(COC2CCCCO2)C/C1=C/n1cnc2c(=O)[nH]c(NC(=O)C(C)C)nc21. The van der Waals surface area contributed by atoms with E-state index in [1.54, 1.807) is 18.4 Å². The Morgan fingerprint density at radius 1 is 1.39 bits per heavy atom. The van der Waals surface area contributed by atoms with Crippen LogP contribution in [0.5, 0.6) is 0 Å². The number of hydrogen-bond acceptors (Lipinski definition) is 8. The highest BCUT2D eigenvalue weighted by atomic mass is 16.7. The van der Waals surface area contributed by atoms with Crippen LogP contribution >= 0.6 is 0 Å². The predicted molar refractivity (Wildman–Crippen MR) is 119 cm³/mol. The third-order valence-corrected chi connectivity index (χ3v) is 5.81. The highest BCUT2D eigenvalue weighted by Crippen LogP contribution is 2.53. The highest BCUT2D eigenvalue weighted by Gasteiger charge is 2.51. The molecule has 0 radical (unpaired) electrons. The van der Waals surface area contributed by atoms with E-state index in [2.05, 4.69) is 20.3 Å². The lowest BCUT2D eigenvalue weighted by molar-refractivity contribution is -0.174. The minimum Gasteiger partial charge on any atom is -0.465 e. The summed E-state index contributed by atoms with van der Waals surface area (Å²) in [4.78, 5) is 46.9. The summed E-state index contributed by atoms with van der Waals surface area (Å²) in [6.45, 7) is 6.09. The molecule has 0 bridgehead atoms. The van der Waals surface area contributed by atoms with Gasteiger partial charge in [-0.25, -0.2) is 4.98 Å². The molecule has 1 amide bonds. The minimum atomic E-state index is -0.459. The zero-order valence-electron chi connectivity index (χ0n) is 19.1. The second-order valence-corrected chi connectivity index (χ2v) is 8.88. The number of aromatic nitrogens is 4. The maximum Gasteiger partial charge on any atom is 0.302 e. The summed E-state index contributed by atoms with van der Waals surface area (Å²) in [7, 11) is 0. The molecule has 2 N–H and O–H groups in total. The molecule has 4 rings (SSSR count). The van der Waals surface area contributed by atoms with E-state index in [1.807, 2.05) is 6.20 Å². The molecule has 33 heavy (non-hydrogen) atoms. The van der Waals surface area contributed by atoms with Crippen LogP contribution in [0.2, 0.25) is 0 Å². The fourth-order valence-corrected chi connectivity index (χ4v) is 3.68. The molecular weight excluding hydrogens is 430 g/mol. The molecule has 3 heterocycles. The number of carbonyl (C=O) groups excluding carboxylic acids is 2. The third kappa shape index (κ3) is 5.31. The van der Waals surface area contributed by atoms with Gasteiger partial charge in [0.1, 0.15) is 12.9 Å². The monoisotopic (exact) mass is 459 g/mol. The zero-order chi connectivity index (χ0) is 23.6. The lowest BCUT2D eigenvalue weighted by atomic mass is 10.1. The fourth-order valence-electron chi connectivity index (χ4n) is 3.68. The molecule has 2 aliphatic rings. The standard InChI is InChI=1S/C22H29N5O6/c1-13(2)19(29)25-21-24-18-17(20(30)26-21)23-12-27(18)9-15-8-22(15,10-32-14(3)28)11-33-16-6-4-5-7-31-16/h9,12-13,16H,4-8,10-11H2,1-3H3,(H2,24,25,26,29,30)/b15-9-. The molecule has 2 atom stereocenters. The van der Waals surface area contributed by atoms with Crippen molar-refractivity contribution in [3.63, 3.8) is 0 Å². The molecule has 178 valence electrons. The normalized spacial score (nSPS) is 23.8. The largest absolute Gasteiger partial charge is 0.465 e. The molecule has 1 saturated carbocycles. The summed E-state index contributed by atoms with van der Waals surface area (Å²) < 4.78 is 18.6. The summed E-state index contributed by atoms with van der Waals surface area (Å²) in [5.74, 6) is -0.821. The predicted octanol–water partition coefficient (Wildman–Crippen LogP) is 2.05. The Morgan fingerprint density at radius 2 is 2.21 bits per heavy atom. The Kier molecular flexibility index (Phi) is 6.61. The topological polar surface area (TPSA) is 137 Å². The van der Waals surface area contributed by atoms with Crippen molar-refractivity contribution in [2.45, 2.75) is 52.7 Å². The second kappa shape index (κ2) is 9.44. The van der Waals surface area contributed by atoms with Gasteiger partial charge in [0, 0.05) is 25.6 Å². The maximum absolute atomic E-state index is 12.4. The van der Waals surface area contributed by atoms with Gasteiger partial charge in [0.05, 0.1) is 12.0 Å². The van der Waals surface area contributed by atoms with Gasteiger partial charge in [-0.15, -0.1) is 0 Å². The van der Waals surface area contributed by atoms with Crippen LogP contribution in [0, 0.1) is 11.3 Å². The van der Waals surface area contributed by atoms with Crippen molar-refractivity contribution in [2.24, 2.45) is 11.3 Å². The molecule has 2 unspecified atom stereocenters. The van der Waals surface area contributed by atoms with Gasteiger partial charge in [-0.2, -0.15) is 4.98 Å². The average Bonchev–Trinajstić information content (AvgIpc) is 3.31. The number of aromatic amines is 1. The molecule has 2 aromatic rings. The summed E-state index contributed by atoms with van der Waals surface area (Å²) in [5, 5.41) is 2.61. The molecule has 1 aliphatic carbocycles. The van der Waals surface area contributed by atoms with Crippen molar-refractivity contribution in [3.8, 4) is 0 Å². The Hall–Kier alpha value is -3.05. The lowest BCUT2D eigenvalue weighted by Gasteiger charge is -2.25. The van der Waals surface area contributed by atoms with Gasteiger partial charge in [-0.3, -0.25) is 29.3 Å². The molecule has 0 aromatic carbocycles. The van der Waals surface area contributed by atoms with Crippen LogP contribution in [0.1, 0.15) is 46.5 Å². The van der Waals surface area contributed by atoms with Crippen molar-refractivity contribution in [3.05, 3.63) is 22.3 Å². The van der Waals surface area contributed by atoms with Crippen molar-refractivity contribution < 1.29 is 23.8 Å². The Bertz CT molecular complexity index is 1130. The number of imidazole rings is 1. The van der Waals surface area contributed by atoms with E-state index in [0.29, 0.717) is 25.3 Å². The highest BCUT2D eigenvalue weighted by molar-refractivity contribution is 5.91. The van der Waals surface area contributed by atoms with E-state index >= 15 is 0 Å². The number of ether oxygens (including phenoxy) is 3. The number of rotatable bonds is 8. The van der Waals surface area contributed by atoms with E-state index in [9.17, 15) is 14.4 Å². The smallest absolute Gasteiger partial charge is 0.302 e. The molecule has 11 nitrogen and oxygen atoms in total. The molecule has 2 aromatic heterocycles. The van der Waals surface area contributed by atoms with Crippen LogP contribution in [0.3, 0.4) is 0 Å². The van der Waals surface area contributed by atoms with Crippen LogP contribution in [0.25, 0.3) is 17.4 Å². The zero-order valence-corrected chi connectivity index (χ0v) is 19.1. The summed E-state index contributed by atoms with van der Waals surface area (Å²) in [6.07, 6.45) is 6.65. The molecule has 1 aliphatic heterocycles. The molecular formula is C22H29N5O6. The second-order valence-electron chi connectivity index (χ2n) is 8.88. The first-order valence-corrected chi connectivity index (χ1v) is 11.1. The van der Waals surface area contributed by atoms with E-state index in [-0.39, 0.29) is 42.2 Å². The summed E-state index contributed by atoms with van der Waals surface area (Å²) >= 11 is 0. The Labute approximate surface area is 190 Å². The van der Waals surface area contributed by atoms with E-state index in [4.69, 9.17) is 14.2 Å². The van der Waals surface area contributed by atoms with Gasteiger partial charge in [0.25, 0.3) is 5.56 Å². The number of H-pyrrole nitrogens is 1. The van der Waals surface area contributed by atoms with E-state index in [1.165, 1.54) is 13.3 Å². The first-order valence-electron chi connectivity index (χ1n) is 11.1. The average molecular weight is 460 g/mol. The van der Waals surface area contributed by atoms with E-state index in [0.717, 1.165) is 24.8 Å². The van der Waals surface area contributed by atoms with Gasteiger partial charge in [0.2, 0.25) is 11.9 Å². The van der Waals surface area contributed by atoms with Gasteiger partial charge in [-0.1, -0.05) is 13.8 Å². The minimum absolute atomic E-state index is 0.0612. The summed E-state index contributed by atoms with van der Waals surface area (Å²) in [6, 6.07) is 0. The maximum atomic E-state index is 12.4. The van der Waals surface area contributed by atoms with Crippen LogP contribution in [-0.4, -0.2) is 57.5 Å². The Morgan fingerprint density at radius 3 is 2.91 bits per heavy atom. The van der Waals surface area contributed by atoms with Gasteiger partial charge in [-0.05, 0) is 31.3 Å². The quantitative estimate of drug-likeness (QED) is 0.572. The number of fused-ring (bicyclic) bond motifs is 1. The number of nitrogens with zero attached hydrogens (tertiary/aromatic N) is 3. The van der Waals surface area contributed by atoms with Crippen molar-refractivity contribution >= 4 is 35.2 Å². The van der Waals surface area contributed by atoms with Crippen molar-refractivity contribution in [1.29, 1.82) is 0 Å². The van der Waals surface area contributed by atoms with E-state index < -0.39 is 11.0 Å². The molecule has 2 fully saturated rings. The van der Waals surface area contributed by atoms with Gasteiger partial charge >= 0.3 is 5.97 Å². The number of amides is 1. The van der Waals surface area contributed by atoms with Gasteiger partial charge in [0.15, 0.2) is 17.5 Å². The summed E-state index contributed by atoms with van der Waals surface area (Å²) in [5.41, 5.74) is 0.547. The van der Waals surface area contributed by atoms with Crippen molar-refractivity contribution in [1.82, 2.24) is 19.5 Å².